The first-order valence-electron chi connectivity index (χ1n) is 7.42. The summed E-state index contributed by atoms with van der Waals surface area (Å²) in [6.07, 6.45) is 1.84. The molecule has 0 radical (unpaired) electrons. The van der Waals surface area contributed by atoms with Crippen molar-refractivity contribution in [3.8, 4) is 0 Å². The van der Waals surface area contributed by atoms with Gasteiger partial charge in [0.1, 0.15) is 0 Å². The first kappa shape index (κ1) is 16.5. The standard InChI is InChI=1S/C15H23NO3S2/c1-3-16(12(2)8-13-4-6-20-10-13)15(17)9-14-5-7-21(18,19)11-14/h4,6,10,12,14H,3,5,7-9,11H2,1-2H3. The van der Waals surface area contributed by atoms with Gasteiger partial charge in [0.25, 0.3) is 0 Å². The van der Waals surface area contributed by atoms with Crippen LogP contribution in [-0.2, 0) is 21.1 Å². The molecule has 2 unspecified atom stereocenters. The average Bonchev–Trinajstić information content (AvgIpc) is 3.00. The average molecular weight is 329 g/mol. The second kappa shape index (κ2) is 6.92. The zero-order valence-corrected chi connectivity index (χ0v) is 14.3. The molecule has 1 aliphatic heterocycles. The summed E-state index contributed by atoms with van der Waals surface area (Å²) in [5.74, 6) is 0.503. The first-order chi connectivity index (χ1) is 9.91. The molecule has 2 heterocycles. The van der Waals surface area contributed by atoms with Crippen LogP contribution in [0.15, 0.2) is 16.8 Å². The molecule has 0 bridgehead atoms. The van der Waals surface area contributed by atoms with Crippen LogP contribution in [0.25, 0.3) is 0 Å². The summed E-state index contributed by atoms with van der Waals surface area (Å²) in [5, 5.41) is 4.15. The van der Waals surface area contributed by atoms with Gasteiger partial charge < -0.3 is 4.90 Å². The van der Waals surface area contributed by atoms with Gasteiger partial charge in [-0.1, -0.05) is 0 Å². The van der Waals surface area contributed by atoms with E-state index in [1.807, 2.05) is 17.2 Å². The molecule has 0 N–H and O–H groups in total. The lowest BCUT2D eigenvalue weighted by molar-refractivity contribution is -0.133. The van der Waals surface area contributed by atoms with Gasteiger partial charge in [-0.15, -0.1) is 0 Å². The van der Waals surface area contributed by atoms with E-state index in [2.05, 4.69) is 18.4 Å². The monoisotopic (exact) mass is 329 g/mol. The van der Waals surface area contributed by atoms with Crippen LogP contribution in [0.5, 0.6) is 0 Å². The van der Waals surface area contributed by atoms with E-state index in [0.717, 1.165) is 6.42 Å². The number of likely N-dealkylation sites (N-methyl/N-ethyl adjacent to an activating group) is 1. The van der Waals surface area contributed by atoms with Crippen LogP contribution in [0.1, 0.15) is 32.3 Å². The van der Waals surface area contributed by atoms with Crippen LogP contribution in [0.3, 0.4) is 0 Å². The highest BCUT2D eigenvalue weighted by atomic mass is 32.2. The number of hydrogen-bond acceptors (Lipinski definition) is 4. The van der Waals surface area contributed by atoms with E-state index in [1.54, 1.807) is 11.3 Å². The zero-order valence-electron chi connectivity index (χ0n) is 12.6. The molecule has 118 valence electrons. The summed E-state index contributed by atoms with van der Waals surface area (Å²) < 4.78 is 23.0. The Balaban J connectivity index is 1.92. The molecule has 0 aliphatic carbocycles. The van der Waals surface area contributed by atoms with E-state index in [-0.39, 0.29) is 29.4 Å². The molecule has 1 aromatic heterocycles. The Morgan fingerprint density at radius 1 is 1.52 bits per heavy atom. The highest BCUT2D eigenvalue weighted by Gasteiger charge is 2.31. The maximum absolute atomic E-state index is 12.4. The van der Waals surface area contributed by atoms with Gasteiger partial charge in [-0.05, 0) is 55.0 Å². The van der Waals surface area contributed by atoms with E-state index in [1.165, 1.54) is 5.56 Å². The third-order valence-electron chi connectivity index (χ3n) is 4.09. The SMILES string of the molecule is CCN(C(=O)CC1CCS(=O)(=O)C1)C(C)Cc1ccsc1. The molecule has 1 fully saturated rings. The van der Waals surface area contributed by atoms with Gasteiger partial charge in [-0.3, -0.25) is 4.79 Å². The molecule has 1 aromatic rings. The van der Waals surface area contributed by atoms with E-state index in [4.69, 9.17) is 0 Å². The van der Waals surface area contributed by atoms with Crippen molar-refractivity contribution in [1.82, 2.24) is 4.90 Å². The predicted molar refractivity (Wildman–Crippen MR) is 86.2 cm³/mol. The molecule has 1 saturated heterocycles. The molecule has 1 aliphatic rings. The van der Waals surface area contributed by atoms with E-state index in [0.29, 0.717) is 19.4 Å². The Morgan fingerprint density at radius 2 is 2.29 bits per heavy atom. The minimum Gasteiger partial charge on any atom is -0.340 e. The maximum atomic E-state index is 12.4. The summed E-state index contributed by atoms with van der Waals surface area (Å²) in [7, 11) is -2.90. The van der Waals surface area contributed by atoms with Crippen LogP contribution < -0.4 is 0 Å². The number of nitrogens with zero attached hydrogens (tertiary/aromatic N) is 1. The molecule has 2 atom stereocenters. The van der Waals surface area contributed by atoms with E-state index in [9.17, 15) is 13.2 Å². The lowest BCUT2D eigenvalue weighted by Crippen LogP contribution is -2.40. The molecule has 0 saturated carbocycles. The number of hydrogen-bond donors (Lipinski definition) is 0. The maximum Gasteiger partial charge on any atom is 0.223 e. The van der Waals surface area contributed by atoms with Crippen molar-refractivity contribution in [3.05, 3.63) is 22.4 Å². The molecule has 21 heavy (non-hydrogen) atoms. The van der Waals surface area contributed by atoms with Crippen molar-refractivity contribution in [2.24, 2.45) is 5.92 Å². The minimum atomic E-state index is -2.90. The van der Waals surface area contributed by atoms with Crippen molar-refractivity contribution in [3.63, 3.8) is 0 Å². The zero-order chi connectivity index (χ0) is 15.5. The summed E-state index contributed by atoms with van der Waals surface area (Å²) in [5.41, 5.74) is 1.25. The van der Waals surface area contributed by atoms with Gasteiger partial charge in [0.05, 0.1) is 11.5 Å². The fourth-order valence-corrected chi connectivity index (χ4v) is 5.53. The third kappa shape index (κ3) is 4.54. The first-order valence-corrected chi connectivity index (χ1v) is 10.2. The molecule has 4 nitrogen and oxygen atoms in total. The lowest BCUT2D eigenvalue weighted by atomic mass is 10.0. The summed E-state index contributed by atoms with van der Waals surface area (Å²) >= 11 is 1.67. The normalized spacial score (nSPS) is 22.1. The largest absolute Gasteiger partial charge is 0.340 e. The van der Waals surface area contributed by atoms with Gasteiger partial charge in [-0.25, -0.2) is 8.42 Å². The number of amides is 1. The number of rotatable bonds is 6. The summed E-state index contributed by atoms with van der Waals surface area (Å²) in [4.78, 5) is 14.3. The number of carbonyl (C=O) groups is 1. The fraction of sp³-hybridized carbons (Fsp3) is 0.667. The van der Waals surface area contributed by atoms with Crippen molar-refractivity contribution in [1.29, 1.82) is 0 Å². The van der Waals surface area contributed by atoms with Gasteiger partial charge >= 0.3 is 0 Å². The quantitative estimate of drug-likeness (QED) is 0.805. The predicted octanol–water partition coefficient (Wildman–Crippen LogP) is 2.35. The molecule has 0 aromatic carbocycles. The lowest BCUT2D eigenvalue weighted by Gasteiger charge is -2.29. The van der Waals surface area contributed by atoms with Crippen LogP contribution >= 0.6 is 11.3 Å². The third-order valence-corrected chi connectivity index (χ3v) is 6.66. The van der Waals surface area contributed by atoms with Crippen LogP contribution in [0.4, 0.5) is 0 Å². The topological polar surface area (TPSA) is 54.5 Å². The molecule has 1 amide bonds. The second-order valence-electron chi connectivity index (χ2n) is 5.84. The Kier molecular flexibility index (Phi) is 5.43. The van der Waals surface area contributed by atoms with Crippen molar-refractivity contribution < 1.29 is 13.2 Å². The highest BCUT2D eigenvalue weighted by molar-refractivity contribution is 7.91. The van der Waals surface area contributed by atoms with E-state index < -0.39 is 9.84 Å². The second-order valence-corrected chi connectivity index (χ2v) is 8.85. The Bertz CT molecular complexity index is 566. The Labute approximate surface area is 131 Å². The number of thiophene rings is 1. The van der Waals surface area contributed by atoms with Gasteiger partial charge in [0.15, 0.2) is 9.84 Å². The van der Waals surface area contributed by atoms with Crippen molar-refractivity contribution in [2.45, 2.75) is 39.2 Å². The number of sulfone groups is 1. The van der Waals surface area contributed by atoms with Crippen LogP contribution in [0, 0.1) is 5.92 Å². The molecular weight excluding hydrogens is 306 g/mol. The number of carbonyl (C=O) groups excluding carboxylic acids is 1. The van der Waals surface area contributed by atoms with Crippen LogP contribution in [-0.4, -0.2) is 43.3 Å². The van der Waals surface area contributed by atoms with Gasteiger partial charge in [0.2, 0.25) is 5.91 Å². The molecule has 0 spiro atoms. The Hall–Kier alpha value is -0.880. The van der Waals surface area contributed by atoms with Crippen LogP contribution in [0.2, 0.25) is 0 Å². The van der Waals surface area contributed by atoms with Gasteiger partial charge in [0, 0.05) is 19.0 Å². The molecular formula is C15H23NO3S2. The fourth-order valence-electron chi connectivity index (χ4n) is 2.99. The van der Waals surface area contributed by atoms with Gasteiger partial charge in [-0.2, -0.15) is 11.3 Å². The Morgan fingerprint density at radius 3 is 2.81 bits per heavy atom. The minimum absolute atomic E-state index is 0.00453. The highest BCUT2D eigenvalue weighted by Crippen LogP contribution is 2.23. The van der Waals surface area contributed by atoms with E-state index >= 15 is 0 Å². The van der Waals surface area contributed by atoms with Crippen molar-refractivity contribution >= 4 is 27.1 Å². The molecule has 2 rings (SSSR count). The smallest absolute Gasteiger partial charge is 0.223 e. The summed E-state index contributed by atoms with van der Waals surface area (Å²) in [6.45, 7) is 4.71. The summed E-state index contributed by atoms with van der Waals surface area (Å²) in [6, 6.07) is 2.23. The molecule has 6 heteroatoms. The van der Waals surface area contributed by atoms with Crippen molar-refractivity contribution in [2.75, 3.05) is 18.1 Å².